The number of carbonyl (C=O) groups excluding carboxylic acids is 1. The zero-order valence-corrected chi connectivity index (χ0v) is 16.8. The summed E-state index contributed by atoms with van der Waals surface area (Å²) in [6.45, 7) is 8.86. The van der Waals surface area contributed by atoms with E-state index >= 15 is 0 Å². The van der Waals surface area contributed by atoms with Gasteiger partial charge in [-0.1, -0.05) is 36.0 Å². The Kier molecular flexibility index (Phi) is 6.60. The van der Waals surface area contributed by atoms with Gasteiger partial charge in [0.05, 0.1) is 5.25 Å². The fourth-order valence-corrected chi connectivity index (χ4v) is 3.80. The van der Waals surface area contributed by atoms with Gasteiger partial charge in [0, 0.05) is 36.7 Å². The van der Waals surface area contributed by atoms with Crippen molar-refractivity contribution in [3.8, 4) is 11.4 Å². The number of para-hydroxylation sites is 1. The Morgan fingerprint density at radius 3 is 2.68 bits per heavy atom. The summed E-state index contributed by atoms with van der Waals surface area (Å²) < 4.78 is 1.96. The molecule has 3 rings (SSSR count). The molecule has 0 radical (unpaired) electrons. The molecule has 0 aliphatic heterocycles. The number of thioether (sulfide) groups is 1. The highest BCUT2D eigenvalue weighted by atomic mass is 32.2. The molecule has 2 heterocycles. The van der Waals surface area contributed by atoms with Crippen molar-refractivity contribution in [1.82, 2.24) is 19.7 Å². The maximum Gasteiger partial charge on any atom is 0.240 e. The van der Waals surface area contributed by atoms with Crippen molar-refractivity contribution in [2.45, 2.75) is 30.8 Å². The maximum atomic E-state index is 13.0. The monoisotopic (exact) mass is 393 g/mol. The van der Waals surface area contributed by atoms with Gasteiger partial charge in [0.1, 0.15) is 0 Å². The molecule has 2 aromatic heterocycles. The third-order valence-electron chi connectivity index (χ3n) is 4.23. The predicted molar refractivity (Wildman–Crippen MR) is 113 cm³/mol. The van der Waals surface area contributed by atoms with Crippen molar-refractivity contribution in [2.24, 2.45) is 0 Å². The van der Waals surface area contributed by atoms with Gasteiger partial charge in [-0.2, -0.15) is 0 Å². The minimum absolute atomic E-state index is 0.0368. The van der Waals surface area contributed by atoms with E-state index in [1.165, 1.54) is 11.8 Å². The number of allylic oxidation sites excluding steroid dienone is 1. The lowest BCUT2D eigenvalue weighted by Gasteiger charge is -2.24. The summed E-state index contributed by atoms with van der Waals surface area (Å²) in [6, 6.07) is 13.5. The summed E-state index contributed by atoms with van der Waals surface area (Å²) in [7, 11) is 0. The third-order valence-corrected chi connectivity index (χ3v) is 5.30. The van der Waals surface area contributed by atoms with Gasteiger partial charge in [-0.3, -0.25) is 14.3 Å². The van der Waals surface area contributed by atoms with E-state index < -0.39 is 0 Å². The predicted octanol–water partition coefficient (Wildman–Crippen LogP) is 4.06. The molecule has 6 nitrogen and oxygen atoms in total. The first-order valence-electron chi connectivity index (χ1n) is 9.13. The molecule has 1 aromatic carbocycles. The van der Waals surface area contributed by atoms with E-state index in [1.54, 1.807) is 23.4 Å². The number of aromatic nitrogens is 4. The Hall–Kier alpha value is -2.93. The summed E-state index contributed by atoms with van der Waals surface area (Å²) in [5.41, 5.74) is 1.77. The van der Waals surface area contributed by atoms with Gasteiger partial charge < -0.3 is 4.90 Å². The first kappa shape index (κ1) is 19.8. The molecule has 0 aliphatic rings. The number of rotatable bonds is 8. The van der Waals surface area contributed by atoms with Gasteiger partial charge in [0.2, 0.25) is 5.91 Å². The standard InChI is InChI=1S/C21H23N5OS/c1-4-14-26-19(17-10-9-13-22-15-17)23-24-21(26)28-16(3)20(27)25(5-2)18-11-7-6-8-12-18/h4,6-13,15-16H,1,5,14H2,2-3H3. The Morgan fingerprint density at radius 2 is 2.04 bits per heavy atom. The van der Waals surface area contributed by atoms with Gasteiger partial charge in [0.25, 0.3) is 0 Å². The van der Waals surface area contributed by atoms with Crippen LogP contribution in [0.1, 0.15) is 13.8 Å². The number of carbonyl (C=O) groups is 1. The number of pyridine rings is 1. The van der Waals surface area contributed by atoms with E-state index in [0.717, 1.165) is 11.3 Å². The number of amides is 1. The highest BCUT2D eigenvalue weighted by molar-refractivity contribution is 8.00. The average Bonchev–Trinajstić information content (AvgIpc) is 3.12. The van der Waals surface area contributed by atoms with Gasteiger partial charge in [-0.05, 0) is 38.1 Å². The summed E-state index contributed by atoms with van der Waals surface area (Å²) in [6.07, 6.45) is 5.26. The maximum absolute atomic E-state index is 13.0. The molecular weight excluding hydrogens is 370 g/mol. The van der Waals surface area contributed by atoms with Crippen LogP contribution in [0.4, 0.5) is 5.69 Å². The average molecular weight is 394 g/mol. The quantitative estimate of drug-likeness (QED) is 0.427. The summed E-state index contributed by atoms with van der Waals surface area (Å²) in [5, 5.41) is 9.01. The molecule has 0 spiro atoms. The molecule has 28 heavy (non-hydrogen) atoms. The van der Waals surface area contributed by atoms with Crippen LogP contribution in [-0.4, -0.2) is 37.5 Å². The zero-order chi connectivity index (χ0) is 19.9. The molecule has 1 atom stereocenters. The molecule has 0 bridgehead atoms. The van der Waals surface area contributed by atoms with Crippen LogP contribution in [0.2, 0.25) is 0 Å². The van der Waals surface area contributed by atoms with Gasteiger partial charge in [0.15, 0.2) is 11.0 Å². The summed E-state index contributed by atoms with van der Waals surface area (Å²) >= 11 is 1.40. The smallest absolute Gasteiger partial charge is 0.240 e. The topological polar surface area (TPSA) is 63.9 Å². The number of nitrogens with zero attached hydrogens (tertiary/aromatic N) is 5. The van der Waals surface area contributed by atoms with E-state index in [1.807, 2.05) is 60.9 Å². The second kappa shape index (κ2) is 9.32. The highest BCUT2D eigenvalue weighted by Gasteiger charge is 2.24. The first-order chi connectivity index (χ1) is 13.7. The molecule has 1 amide bonds. The molecule has 0 saturated heterocycles. The highest BCUT2D eigenvalue weighted by Crippen LogP contribution is 2.28. The van der Waals surface area contributed by atoms with Crippen LogP contribution in [0, 0.1) is 0 Å². The molecule has 7 heteroatoms. The second-order valence-corrected chi connectivity index (χ2v) is 7.43. The zero-order valence-electron chi connectivity index (χ0n) is 16.0. The number of anilines is 1. The third kappa shape index (κ3) is 4.31. The van der Waals surface area contributed by atoms with E-state index in [-0.39, 0.29) is 11.2 Å². The fraction of sp³-hybridized carbons (Fsp3) is 0.238. The van der Waals surface area contributed by atoms with Crippen LogP contribution >= 0.6 is 11.8 Å². The Balaban J connectivity index is 1.83. The summed E-state index contributed by atoms with van der Waals surface area (Å²) in [5.74, 6) is 0.750. The molecule has 0 fully saturated rings. The van der Waals surface area contributed by atoms with Crippen molar-refractivity contribution in [1.29, 1.82) is 0 Å². The van der Waals surface area contributed by atoms with Gasteiger partial charge >= 0.3 is 0 Å². The largest absolute Gasteiger partial charge is 0.312 e. The van der Waals surface area contributed by atoms with E-state index in [2.05, 4.69) is 21.8 Å². The van der Waals surface area contributed by atoms with Crippen LogP contribution in [0.3, 0.4) is 0 Å². The lowest BCUT2D eigenvalue weighted by atomic mass is 10.2. The SMILES string of the molecule is C=CCn1c(SC(C)C(=O)N(CC)c2ccccc2)nnc1-c1cccnc1. The number of benzene rings is 1. The molecule has 1 unspecified atom stereocenters. The van der Waals surface area contributed by atoms with Crippen molar-refractivity contribution >= 4 is 23.4 Å². The molecule has 3 aromatic rings. The van der Waals surface area contributed by atoms with Crippen molar-refractivity contribution < 1.29 is 4.79 Å². The number of hydrogen-bond acceptors (Lipinski definition) is 5. The number of hydrogen-bond donors (Lipinski definition) is 0. The molecule has 0 saturated carbocycles. The van der Waals surface area contributed by atoms with Crippen molar-refractivity contribution in [3.63, 3.8) is 0 Å². The molecule has 0 aliphatic carbocycles. The Morgan fingerprint density at radius 1 is 1.25 bits per heavy atom. The van der Waals surface area contributed by atoms with Crippen LogP contribution in [0.15, 0.2) is 72.7 Å². The Bertz CT molecular complexity index is 926. The van der Waals surface area contributed by atoms with E-state index in [0.29, 0.717) is 24.1 Å². The Labute approximate surface area is 169 Å². The van der Waals surface area contributed by atoms with Crippen LogP contribution in [-0.2, 0) is 11.3 Å². The van der Waals surface area contributed by atoms with Crippen molar-refractivity contribution in [2.75, 3.05) is 11.4 Å². The lowest BCUT2D eigenvalue weighted by Crippen LogP contribution is -2.36. The van der Waals surface area contributed by atoms with E-state index in [4.69, 9.17) is 0 Å². The molecule has 0 N–H and O–H groups in total. The minimum Gasteiger partial charge on any atom is -0.312 e. The minimum atomic E-state index is -0.310. The fourth-order valence-electron chi connectivity index (χ4n) is 2.88. The molecule has 144 valence electrons. The van der Waals surface area contributed by atoms with Crippen molar-refractivity contribution in [3.05, 3.63) is 67.5 Å². The lowest BCUT2D eigenvalue weighted by molar-refractivity contribution is -0.117. The second-order valence-electron chi connectivity index (χ2n) is 6.13. The van der Waals surface area contributed by atoms with E-state index in [9.17, 15) is 4.79 Å². The van der Waals surface area contributed by atoms with Gasteiger partial charge in [-0.25, -0.2) is 0 Å². The van der Waals surface area contributed by atoms with Crippen LogP contribution in [0.25, 0.3) is 11.4 Å². The first-order valence-corrected chi connectivity index (χ1v) is 10.0. The van der Waals surface area contributed by atoms with Crippen LogP contribution < -0.4 is 4.90 Å². The van der Waals surface area contributed by atoms with Gasteiger partial charge in [-0.15, -0.1) is 16.8 Å². The normalized spacial score (nSPS) is 11.8. The van der Waals surface area contributed by atoms with Crippen LogP contribution in [0.5, 0.6) is 0 Å². The summed E-state index contributed by atoms with van der Waals surface area (Å²) in [4.78, 5) is 19.0. The molecular formula is C21H23N5OS.